The van der Waals surface area contributed by atoms with Crippen LogP contribution < -0.4 is 16.1 Å². The van der Waals surface area contributed by atoms with Crippen molar-refractivity contribution in [2.75, 3.05) is 10.6 Å². The van der Waals surface area contributed by atoms with Crippen LogP contribution >= 0.6 is 11.6 Å². The van der Waals surface area contributed by atoms with Crippen LogP contribution in [0.1, 0.15) is 15.9 Å². The first-order chi connectivity index (χ1) is 14.9. The summed E-state index contributed by atoms with van der Waals surface area (Å²) in [6.45, 7) is 0. The van der Waals surface area contributed by atoms with Gasteiger partial charge in [-0.2, -0.15) is 5.10 Å². The van der Waals surface area contributed by atoms with Gasteiger partial charge in [-0.15, -0.1) is 0 Å². The third-order valence-corrected chi connectivity index (χ3v) is 4.29. The van der Waals surface area contributed by atoms with E-state index in [0.717, 1.165) is 0 Å². The standard InChI is InChI=1S/C22H17ClN4O4/c23-15-9-11-16(12-10-15)25-20(29)17-6-2-3-7-18(17)26-21(30)22(31)27-24-13-14-5-1-4-8-19(14)28/h1-13,28H,(H,25,29)(H,26,30)(H,27,31). The lowest BCUT2D eigenvalue weighted by molar-refractivity contribution is -0.136. The number of halogens is 1. The molecular weight excluding hydrogens is 420 g/mol. The molecule has 0 bridgehead atoms. The van der Waals surface area contributed by atoms with Gasteiger partial charge < -0.3 is 15.7 Å². The molecule has 3 rings (SSSR count). The van der Waals surface area contributed by atoms with Crippen LogP contribution in [-0.2, 0) is 9.59 Å². The fourth-order valence-electron chi connectivity index (χ4n) is 2.51. The molecule has 0 aromatic heterocycles. The summed E-state index contributed by atoms with van der Waals surface area (Å²) in [5, 5.41) is 18.9. The van der Waals surface area contributed by atoms with Crippen molar-refractivity contribution in [3.8, 4) is 5.75 Å². The van der Waals surface area contributed by atoms with Gasteiger partial charge in [0.2, 0.25) is 0 Å². The summed E-state index contributed by atoms with van der Waals surface area (Å²) in [6, 6.07) is 19.1. The Morgan fingerprint density at radius 3 is 2.26 bits per heavy atom. The van der Waals surface area contributed by atoms with Crippen molar-refractivity contribution in [2.24, 2.45) is 5.10 Å². The molecule has 0 fully saturated rings. The summed E-state index contributed by atoms with van der Waals surface area (Å²) in [5.41, 5.74) is 3.27. The molecule has 0 spiro atoms. The number of nitrogens with zero attached hydrogens (tertiary/aromatic N) is 1. The highest BCUT2D eigenvalue weighted by atomic mass is 35.5. The van der Waals surface area contributed by atoms with Gasteiger partial charge in [0.1, 0.15) is 5.75 Å². The quantitative estimate of drug-likeness (QED) is 0.278. The Morgan fingerprint density at radius 2 is 1.52 bits per heavy atom. The first-order valence-corrected chi connectivity index (χ1v) is 9.40. The number of benzene rings is 3. The number of phenols is 1. The molecule has 0 radical (unpaired) electrons. The molecule has 8 nitrogen and oxygen atoms in total. The number of phenolic OH excluding ortho intramolecular Hbond substituents is 1. The number of para-hydroxylation sites is 2. The number of hydrazone groups is 1. The second-order valence-electron chi connectivity index (χ2n) is 6.22. The van der Waals surface area contributed by atoms with Gasteiger partial charge in [0.05, 0.1) is 17.5 Å². The molecule has 0 aliphatic heterocycles. The zero-order chi connectivity index (χ0) is 22.2. The third kappa shape index (κ3) is 5.91. The van der Waals surface area contributed by atoms with E-state index in [-0.39, 0.29) is 17.0 Å². The summed E-state index contributed by atoms with van der Waals surface area (Å²) in [6.07, 6.45) is 1.20. The Bertz CT molecular complexity index is 1150. The first kappa shape index (κ1) is 21.5. The molecule has 0 aliphatic carbocycles. The predicted octanol–water partition coefficient (Wildman–Crippen LogP) is 3.39. The predicted molar refractivity (Wildman–Crippen MR) is 118 cm³/mol. The van der Waals surface area contributed by atoms with Gasteiger partial charge in [0.15, 0.2) is 0 Å². The molecule has 31 heavy (non-hydrogen) atoms. The molecule has 0 unspecified atom stereocenters. The molecule has 0 aliphatic rings. The maximum atomic E-state index is 12.6. The zero-order valence-corrected chi connectivity index (χ0v) is 16.8. The molecular formula is C22H17ClN4O4. The second-order valence-corrected chi connectivity index (χ2v) is 6.66. The fraction of sp³-hybridized carbons (Fsp3) is 0. The normalized spacial score (nSPS) is 10.5. The van der Waals surface area contributed by atoms with Crippen LogP contribution in [0.5, 0.6) is 5.75 Å². The van der Waals surface area contributed by atoms with Crippen LogP contribution in [0.3, 0.4) is 0 Å². The molecule has 0 saturated heterocycles. The van der Waals surface area contributed by atoms with Crippen LogP contribution in [0.2, 0.25) is 5.02 Å². The van der Waals surface area contributed by atoms with Gasteiger partial charge in [-0.25, -0.2) is 5.43 Å². The van der Waals surface area contributed by atoms with Gasteiger partial charge in [-0.05, 0) is 48.5 Å². The van der Waals surface area contributed by atoms with E-state index in [1.807, 2.05) is 0 Å². The second kappa shape index (κ2) is 10.0. The molecule has 0 heterocycles. The Morgan fingerprint density at radius 1 is 0.839 bits per heavy atom. The minimum absolute atomic E-state index is 0.0226. The number of aromatic hydroxyl groups is 1. The Balaban J connectivity index is 1.64. The van der Waals surface area contributed by atoms with E-state index in [9.17, 15) is 19.5 Å². The first-order valence-electron chi connectivity index (χ1n) is 9.02. The van der Waals surface area contributed by atoms with E-state index in [1.165, 1.54) is 24.4 Å². The number of rotatable bonds is 5. The van der Waals surface area contributed by atoms with Crippen molar-refractivity contribution in [1.29, 1.82) is 0 Å². The van der Waals surface area contributed by atoms with Crippen LogP contribution in [0, 0.1) is 0 Å². The van der Waals surface area contributed by atoms with Crippen molar-refractivity contribution < 1.29 is 19.5 Å². The van der Waals surface area contributed by atoms with Crippen LogP contribution in [0.25, 0.3) is 0 Å². The largest absolute Gasteiger partial charge is 0.507 e. The number of anilines is 2. The van der Waals surface area contributed by atoms with E-state index in [0.29, 0.717) is 16.3 Å². The third-order valence-electron chi connectivity index (χ3n) is 4.03. The van der Waals surface area contributed by atoms with E-state index in [4.69, 9.17) is 11.6 Å². The highest BCUT2D eigenvalue weighted by Gasteiger charge is 2.17. The lowest BCUT2D eigenvalue weighted by atomic mass is 10.1. The lowest BCUT2D eigenvalue weighted by Gasteiger charge is -2.11. The lowest BCUT2D eigenvalue weighted by Crippen LogP contribution is -2.33. The zero-order valence-electron chi connectivity index (χ0n) is 16.0. The van der Waals surface area contributed by atoms with Gasteiger partial charge in [0.25, 0.3) is 5.91 Å². The molecule has 0 saturated carbocycles. The number of amides is 3. The fourth-order valence-corrected chi connectivity index (χ4v) is 2.63. The average Bonchev–Trinajstić information content (AvgIpc) is 2.77. The summed E-state index contributed by atoms with van der Waals surface area (Å²) in [7, 11) is 0. The minimum atomic E-state index is -1.04. The molecule has 156 valence electrons. The number of hydrogen-bond donors (Lipinski definition) is 4. The maximum Gasteiger partial charge on any atom is 0.329 e. The topological polar surface area (TPSA) is 120 Å². The van der Waals surface area contributed by atoms with E-state index in [2.05, 4.69) is 21.2 Å². The summed E-state index contributed by atoms with van der Waals surface area (Å²) in [4.78, 5) is 36.8. The molecule has 3 aromatic carbocycles. The summed E-state index contributed by atoms with van der Waals surface area (Å²) in [5.74, 6) is -2.55. The van der Waals surface area contributed by atoms with Crippen molar-refractivity contribution in [3.05, 3.63) is 88.9 Å². The van der Waals surface area contributed by atoms with E-state index in [1.54, 1.807) is 54.6 Å². The highest BCUT2D eigenvalue weighted by Crippen LogP contribution is 2.19. The SMILES string of the molecule is O=C(NN=Cc1ccccc1O)C(=O)Nc1ccccc1C(=O)Nc1ccc(Cl)cc1. The highest BCUT2D eigenvalue weighted by molar-refractivity contribution is 6.40. The molecule has 3 aromatic rings. The molecule has 0 atom stereocenters. The van der Waals surface area contributed by atoms with Crippen LogP contribution in [-0.4, -0.2) is 29.0 Å². The maximum absolute atomic E-state index is 12.6. The molecule has 4 N–H and O–H groups in total. The van der Waals surface area contributed by atoms with Crippen molar-refractivity contribution in [2.45, 2.75) is 0 Å². The van der Waals surface area contributed by atoms with Gasteiger partial charge in [-0.3, -0.25) is 14.4 Å². The van der Waals surface area contributed by atoms with Gasteiger partial charge in [0, 0.05) is 16.3 Å². The minimum Gasteiger partial charge on any atom is -0.507 e. The van der Waals surface area contributed by atoms with Crippen molar-refractivity contribution in [1.82, 2.24) is 5.43 Å². The molecule has 3 amide bonds. The summed E-state index contributed by atoms with van der Waals surface area (Å²) >= 11 is 5.84. The van der Waals surface area contributed by atoms with Gasteiger partial charge >= 0.3 is 11.8 Å². The Labute approximate surface area is 182 Å². The number of carbonyl (C=O) groups is 3. The number of hydrogen-bond acceptors (Lipinski definition) is 5. The van der Waals surface area contributed by atoms with E-state index >= 15 is 0 Å². The van der Waals surface area contributed by atoms with E-state index < -0.39 is 17.7 Å². The number of carbonyl (C=O) groups excluding carboxylic acids is 3. The van der Waals surface area contributed by atoms with Crippen molar-refractivity contribution in [3.63, 3.8) is 0 Å². The number of nitrogens with one attached hydrogen (secondary N) is 3. The van der Waals surface area contributed by atoms with Crippen LogP contribution in [0.15, 0.2) is 77.9 Å². The Hall–Kier alpha value is -4.17. The van der Waals surface area contributed by atoms with Crippen molar-refractivity contribution >= 4 is 46.9 Å². The molecule has 9 heteroatoms. The monoisotopic (exact) mass is 436 g/mol. The Kier molecular flexibility index (Phi) is 6.97. The average molecular weight is 437 g/mol. The van der Waals surface area contributed by atoms with Crippen LogP contribution in [0.4, 0.5) is 11.4 Å². The smallest absolute Gasteiger partial charge is 0.329 e. The summed E-state index contributed by atoms with van der Waals surface area (Å²) < 4.78 is 0. The van der Waals surface area contributed by atoms with Gasteiger partial charge in [-0.1, -0.05) is 35.9 Å².